The highest BCUT2D eigenvalue weighted by Crippen LogP contribution is 2.21. The number of imidazole rings is 1. The SMILES string of the molecule is CCc1cc2ncc(CN3CCN(c4ccc5[nH]c(=O)[nH]c5c4)CC3)cc2[nH]c1=O. The molecule has 1 fully saturated rings. The second-order valence-electron chi connectivity index (χ2n) is 7.83. The van der Waals surface area contributed by atoms with E-state index in [1.807, 2.05) is 37.4 Å². The van der Waals surface area contributed by atoms with Crippen LogP contribution in [0.3, 0.4) is 0 Å². The zero-order chi connectivity index (χ0) is 20.7. The quantitative estimate of drug-likeness (QED) is 0.483. The summed E-state index contributed by atoms with van der Waals surface area (Å²) in [5.74, 6) is 0. The van der Waals surface area contributed by atoms with Gasteiger partial charge < -0.3 is 19.9 Å². The lowest BCUT2D eigenvalue weighted by molar-refractivity contribution is 0.250. The average molecular weight is 404 g/mol. The molecule has 0 amide bonds. The first-order valence-electron chi connectivity index (χ1n) is 10.3. The van der Waals surface area contributed by atoms with Crippen molar-refractivity contribution < 1.29 is 0 Å². The number of hydrogen-bond acceptors (Lipinski definition) is 5. The maximum atomic E-state index is 12.1. The van der Waals surface area contributed by atoms with Crippen LogP contribution in [0.15, 0.2) is 46.1 Å². The summed E-state index contributed by atoms with van der Waals surface area (Å²) in [7, 11) is 0. The lowest BCUT2D eigenvalue weighted by Gasteiger charge is -2.36. The zero-order valence-electron chi connectivity index (χ0n) is 16.9. The van der Waals surface area contributed by atoms with Gasteiger partial charge in [-0.05, 0) is 42.3 Å². The fraction of sp³-hybridized carbons (Fsp3) is 0.318. The Hall–Kier alpha value is -3.39. The predicted molar refractivity (Wildman–Crippen MR) is 118 cm³/mol. The van der Waals surface area contributed by atoms with Crippen LogP contribution in [-0.4, -0.2) is 51.0 Å². The number of H-pyrrole nitrogens is 3. The van der Waals surface area contributed by atoms with Gasteiger partial charge >= 0.3 is 5.69 Å². The van der Waals surface area contributed by atoms with Crippen molar-refractivity contribution >= 4 is 27.8 Å². The summed E-state index contributed by atoms with van der Waals surface area (Å²) in [6, 6.07) is 9.93. The molecule has 30 heavy (non-hydrogen) atoms. The van der Waals surface area contributed by atoms with E-state index in [4.69, 9.17) is 0 Å². The van der Waals surface area contributed by atoms with Crippen LogP contribution < -0.4 is 16.1 Å². The third kappa shape index (κ3) is 3.50. The highest BCUT2D eigenvalue weighted by Gasteiger charge is 2.18. The molecule has 1 saturated heterocycles. The number of pyridine rings is 2. The minimum atomic E-state index is -0.178. The van der Waals surface area contributed by atoms with Gasteiger partial charge in [-0.2, -0.15) is 0 Å². The maximum absolute atomic E-state index is 12.1. The van der Waals surface area contributed by atoms with Crippen LogP contribution in [-0.2, 0) is 13.0 Å². The summed E-state index contributed by atoms with van der Waals surface area (Å²) in [6.45, 7) is 6.48. The zero-order valence-corrected chi connectivity index (χ0v) is 16.9. The van der Waals surface area contributed by atoms with Gasteiger partial charge in [0.25, 0.3) is 5.56 Å². The smallest absolute Gasteiger partial charge is 0.323 e. The van der Waals surface area contributed by atoms with E-state index in [0.717, 1.165) is 71.6 Å². The fourth-order valence-electron chi connectivity index (χ4n) is 4.16. The number of fused-ring (bicyclic) bond motifs is 2. The Balaban J connectivity index is 1.27. The van der Waals surface area contributed by atoms with E-state index < -0.39 is 0 Å². The van der Waals surface area contributed by atoms with Gasteiger partial charge in [-0.15, -0.1) is 0 Å². The number of piperazine rings is 1. The Morgan fingerprint density at radius 3 is 2.53 bits per heavy atom. The van der Waals surface area contributed by atoms with Crippen molar-refractivity contribution in [3.8, 4) is 0 Å². The fourth-order valence-corrected chi connectivity index (χ4v) is 4.16. The summed E-state index contributed by atoms with van der Waals surface area (Å²) < 4.78 is 0. The Labute approximate surface area is 172 Å². The van der Waals surface area contributed by atoms with Gasteiger partial charge in [0, 0.05) is 50.2 Å². The van der Waals surface area contributed by atoms with Gasteiger partial charge in [0.15, 0.2) is 0 Å². The van der Waals surface area contributed by atoms with Gasteiger partial charge in [-0.1, -0.05) is 6.92 Å². The molecule has 1 aliphatic heterocycles. The highest BCUT2D eigenvalue weighted by molar-refractivity contribution is 5.79. The Morgan fingerprint density at radius 1 is 0.933 bits per heavy atom. The number of nitrogens with zero attached hydrogens (tertiary/aromatic N) is 3. The standard InChI is InChI=1S/C22H24N6O2/c1-2-15-10-18-19(24-21(15)29)9-14(12-23-18)13-27-5-7-28(8-6-27)16-3-4-17-20(11-16)26-22(30)25-17/h3-4,9-12H,2,5-8,13H2,1H3,(H,24,29)(H2,25,26,30). The van der Waals surface area contributed by atoms with Crippen molar-refractivity contribution in [2.24, 2.45) is 0 Å². The van der Waals surface area contributed by atoms with Crippen molar-refractivity contribution in [2.75, 3.05) is 31.1 Å². The molecule has 1 aliphatic rings. The molecule has 0 bridgehead atoms. The molecule has 0 saturated carbocycles. The van der Waals surface area contributed by atoms with Crippen LogP contribution in [0.1, 0.15) is 18.1 Å². The van der Waals surface area contributed by atoms with Crippen molar-refractivity contribution in [1.82, 2.24) is 24.8 Å². The molecule has 0 spiro atoms. The van der Waals surface area contributed by atoms with Gasteiger partial charge in [-0.3, -0.25) is 14.7 Å². The number of aryl methyl sites for hydroxylation is 1. The molecule has 4 heterocycles. The molecule has 0 atom stereocenters. The predicted octanol–water partition coefficient (Wildman–Crippen LogP) is 1.98. The van der Waals surface area contributed by atoms with Crippen LogP contribution in [0, 0.1) is 0 Å². The topological polar surface area (TPSA) is 101 Å². The summed E-state index contributed by atoms with van der Waals surface area (Å²) >= 11 is 0. The minimum absolute atomic E-state index is 0.0294. The summed E-state index contributed by atoms with van der Waals surface area (Å²) in [4.78, 5) is 41.4. The number of anilines is 1. The van der Waals surface area contributed by atoms with Crippen LogP contribution >= 0.6 is 0 Å². The summed E-state index contributed by atoms with van der Waals surface area (Å²) in [6.07, 6.45) is 2.61. The Kier molecular flexibility index (Phi) is 4.63. The minimum Gasteiger partial charge on any atom is -0.369 e. The number of hydrogen-bond donors (Lipinski definition) is 3. The molecule has 3 N–H and O–H groups in total. The van der Waals surface area contributed by atoms with Crippen molar-refractivity contribution in [3.05, 3.63) is 68.5 Å². The number of aromatic nitrogens is 4. The number of benzene rings is 1. The highest BCUT2D eigenvalue weighted by atomic mass is 16.1. The maximum Gasteiger partial charge on any atom is 0.323 e. The van der Waals surface area contributed by atoms with E-state index in [1.165, 1.54) is 0 Å². The van der Waals surface area contributed by atoms with Crippen LogP contribution in [0.25, 0.3) is 22.1 Å². The van der Waals surface area contributed by atoms with E-state index in [9.17, 15) is 9.59 Å². The molecule has 8 nitrogen and oxygen atoms in total. The molecular formula is C22H24N6O2. The van der Waals surface area contributed by atoms with Gasteiger partial charge in [0.05, 0.1) is 22.1 Å². The first-order valence-corrected chi connectivity index (χ1v) is 10.3. The van der Waals surface area contributed by atoms with E-state index in [-0.39, 0.29) is 11.2 Å². The molecule has 0 aliphatic carbocycles. The molecule has 8 heteroatoms. The normalized spacial score (nSPS) is 15.3. The Morgan fingerprint density at radius 2 is 1.73 bits per heavy atom. The van der Waals surface area contributed by atoms with Crippen LogP contribution in [0.5, 0.6) is 0 Å². The van der Waals surface area contributed by atoms with E-state index >= 15 is 0 Å². The third-order valence-corrected chi connectivity index (χ3v) is 5.85. The molecule has 0 unspecified atom stereocenters. The van der Waals surface area contributed by atoms with E-state index in [2.05, 4.69) is 35.8 Å². The van der Waals surface area contributed by atoms with Crippen molar-refractivity contribution in [1.29, 1.82) is 0 Å². The van der Waals surface area contributed by atoms with E-state index in [0.29, 0.717) is 6.42 Å². The van der Waals surface area contributed by atoms with Gasteiger partial charge in [0.1, 0.15) is 0 Å². The monoisotopic (exact) mass is 404 g/mol. The van der Waals surface area contributed by atoms with Crippen molar-refractivity contribution in [2.45, 2.75) is 19.9 Å². The average Bonchev–Trinajstić information content (AvgIpc) is 3.13. The first-order chi connectivity index (χ1) is 14.6. The summed E-state index contributed by atoms with van der Waals surface area (Å²) in [5.41, 5.74) is 6.07. The third-order valence-electron chi connectivity index (χ3n) is 5.85. The molecule has 5 rings (SSSR count). The van der Waals surface area contributed by atoms with Gasteiger partial charge in [0.2, 0.25) is 0 Å². The lowest BCUT2D eigenvalue weighted by Crippen LogP contribution is -2.46. The molecule has 3 aromatic heterocycles. The van der Waals surface area contributed by atoms with E-state index in [1.54, 1.807) is 0 Å². The van der Waals surface area contributed by atoms with Crippen molar-refractivity contribution in [3.63, 3.8) is 0 Å². The molecule has 4 aromatic rings. The molecule has 0 radical (unpaired) electrons. The summed E-state index contributed by atoms with van der Waals surface area (Å²) in [5, 5.41) is 0. The number of nitrogens with one attached hydrogen (secondary N) is 3. The molecule has 1 aromatic carbocycles. The number of rotatable bonds is 4. The molecule has 154 valence electrons. The largest absolute Gasteiger partial charge is 0.369 e. The second-order valence-corrected chi connectivity index (χ2v) is 7.83. The Bertz CT molecular complexity index is 1330. The lowest BCUT2D eigenvalue weighted by atomic mass is 10.1. The second kappa shape index (κ2) is 7.46. The molecular weight excluding hydrogens is 380 g/mol. The first kappa shape index (κ1) is 18.6. The number of aromatic amines is 3. The van der Waals surface area contributed by atoms with Gasteiger partial charge in [-0.25, -0.2) is 4.79 Å². The van der Waals surface area contributed by atoms with Crippen LogP contribution in [0.2, 0.25) is 0 Å². The van der Waals surface area contributed by atoms with Crippen LogP contribution in [0.4, 0.5) is 5.69 Å².